The number of carbonyl (C=O) groups is 2. The van der Waals surface area contributed by atoms with Crippen molar-refractivity contribution in [3.05, 3.63) is 12.2 Å². The fraction of sp³-hybridized carbons (Fsp3) is 0.892. The molecule has 0 heterocycles. The van der Waals surface area contributed by atoms with Crippen LogP contribution in [0.4, 0.5) is 0 Å². The summed E-state index contributed by atoms with van der Waals surface area (Å²) in [5, 5.41) is 0. The summed E-state index contributed by atoms with van der Waals surface area (Å²) >= 11 is 0. The van der Waals surface area contributed by atoms with Gasteiger partial charge in [-0.25, -0.2) is 4.57 Å². The van der Waals surface area contributed by atoms with Gasteiger partial charge in [-0.05, 0) is 38.5 Å². The number of phosphoric acid groups is 1. The largest absolute Gasteiger partial charge is 0.472 e. The molecule has 0 radical (unpaired) electrons. The normalized spacial score (nSPS) is 13.5. The maximum absolute atomic E-state index is 12.5. The van der Waals surface area contributed by atoms with Crippen molar-refractivity contribution in [2.75, 3.05) is 26.4 Å². The molecule has 0 spiro atoms. The third kappa shape index (κ3) is 34.4. The van der Waals surface area contributed by atoms with Gasteiger partial charge in [0.25, 0.3) is 0 Å². The number of ether oxygens (including phenoxy) is 2. The van der Waals surface area contributed by atoms with Crippen LogP contribution in [0.15, 0.2) is 12.2 Å². The zero-order valence-electron chi connectivity index (χ0n) is 30.3. The molecule has 2 atom stereocenters. The van der Waals surface area contributed by atoms with Gasteiger partial charge in [0.15, 0.2) is 6.10 Å². The number of rotatable bonds is 36. The molecule has 0 aromatic heterocycles. The average molecular weight is 690 g/mol. The molecule has 0 amide bonds. The molecule has 0 aliphatic rings. The van der Waals surface area contributed by atoms with Gasteiger partial charge in [0.05, 0.1) is 13.2 Å². The predicted octanol–water partition coefficient (Wildman–Crippen LogP) is 10.3. The summed E-state index contributed by atoms with van der Waals surface area (Å²) in [5.41, 5.74) is 5.32. The van der Waals surface area contributed by atoms with Crippen LogP contribution in [0.25, 0.3) is 0 Å². The Balaban J connectivity index is 4.18. The molecule has 0 rings (SSSR count). The molecule has 0 fully saturated rings. The molecule has 3 N–H and O–H groups in total. The number of unbranched alkanes of at least 4 members (excludes halogenated alkanes) is 21. The van der Waals surface area contributed by atoms with Crippen molar-refractivity contribution in [2.24, 2.45) is 5.73 Å². The lowest BCUT2D eigenvalue weighted by Gasteiger charge is -2.19. The van der Waals surface area contributed by atoms with Crippen LogP contribution in [0.2, 0.25) is 0 Å². The third-order valence-electron chi connectivity index (χ3n) is 8.15. The molecular formula is C37H72NO8P. The van der Waals surface area contributed by atoms with Crippen LogP contribution >= 0.6 is 7.82 Å². The van der Waals surface area contributed by atoms with Crippen LogP contribution in [0.3, 0.4) is 0 Å². The highest BCUT2D eigenvalue weighted by atomic mass is 31.2. The van der Waals surface area contributed by atoms with E-state index in [1.54, 1.807) is 0 Å². The van der Waals surface area contributed by atoms with Gasteiger partial charge >= 0.3 is 19.8 Å². The maximum atomic E-state index is 12.5. The molecule has 0 aliphatic carbocycles. The van der Waals surface area contributed by atoms with Gasteiger partial charge in [-0.15, -0.1) is 0 Å². The van der Waals surface area contributed by atoms with Crippen molar-refractivity contribution in [1.82, 2.24) is 0 Å². The summed E-state index contributed by atoms with van der Waals surface area (Å²) in [6.07, 6.45) is 32.4. The smallest absolute Gasteiger partial charge is 0.462 e. The van der Waals surface area contributed by atoms with Crippen LogP contribution in [-0.4, -0.2) is 49.3 Å². The zero-order chi connectivity index (χ0) is 34.7. The van der Waals surface area contributed by atoms with E-state index in [1.807, 2.05) is 0 Å². The number of esters is 2. The summed E-state index contributed by atoms with van der Waals surface area (Å²) in [6.45, 7) is 3.70. The number of carbonyl (C=O) groups excluding carboxylic acids is 2. The molecule has 0 aromatic rings. The quantitative estimate of drug-likeness (QED) is 0.0285. The SMILES string of the molecule is CCCCCCCCC/C=C\CCCCCCCC(=O)OC[C@H](COP(=O)(O)OCCN)OC(=O)CCCCCCCCCCCC. The number of phosphoric ester groups is 1. The molecule has 9 nitrogen and oxygen atoms in total. The van der Waals surface area contributed by atoms with E-state index in [0.717, 1.165) is 51.4 Å². The van der Waals surface area contributed by atoms with E-state index in [-0.39, 0.29) is 38.6 Å². The Bertz CT molecular complexity index is 794. The van der Waals surface area contributed by atoms with Crippen LogP contribution in [-0.2, 0) is 32.7 Å². The molecule has 0 aliphatic heterocycles. The van der Waals surface area contributed by atoms with E-state index in [2.05, 4.69) is 26.0 Å². The Morgan fingerprint density at radius 2 is 1.04 bits per heavy atom. The van der Waals surface area contributed by atoms with Crippen LogP contribution in [0.5, 0.6) is 0 Å². The number of nitrogens with two attached hydrogens (primary N) is 1. The van der Waals surface area contributed by atoms with Crippen molar-refractivity contribution < 1.29 is 37.6 Å². The summed E-state index contributed by atoms with van der Waals surface area (Å²) in [7, 11) is -4.36. The minimum atomic E-state index is -4.36. The monoisotopic (exact) mass is 689 g/mol. The Hall–Kier alpha value is -1.25. The highest BCUT2D eigenvalue weighted by Crippen LogP contribution is 2.43. The van der Waals surface area contributed by atoms with Gasteiger partial charge in [-0.2, -0.15) is 0 Å². The van der Waals surface area contributed by atoms with Crippen molar-refractivity contribution in [3.63, 3.8) is 0 Å². The van der Waals surface area contributed by atoms with Crippen molar-refractivity contribution in [2.45, 2.75) is 187 Å². The zero-order valence-corrected chi connectivity index (χ0v) is 31.2. The average Bonchev–Trinajstić information content (AvgIpc) is 3.05. The first-order valence-corrected chi connectivity index (χ1v) is 20.7. The first-order valence-electron chi connectivity index (χ1n) is 19.2. The van der Waals surface area contributed by atoms with E-state index in [1.165, 1.54) is 96.3 Å². The maximum Gasteiger partial charge on any atom is 0.472 e. The Morgan fingerprint density at radius 1 is 0.617 bits per heavy atom. The molecule has 10 heteroatoms. The van der Waals surface area contributed by atoms with Gasteiger partial charge in [0.1, 0.15) is 6.61 Å². The van der Waals surface area contributed by atoms with Gasteiger partial charge in [0.2, 0.25) is 0 Å². The fourth-order valence-corrected chi connectivity index (χ4v) is 6.04. The second kappa shape index (κ2) is 34.6. The topological polar surface area (TPSA) is 134 Å². The lowest BCUT2D eigenvalue weighted by Crippen LogP contribution is -2.29. The second-order valence-corrected chi connectivity index (χ2v) is 14.3. The van der Waals surface area contributed by atoms with E-state index in [0.29, 0.717) is 6.42 Å². The number of allylic oxidation sites excluding steroid dienone is 2. The van der Waals surface area contributed by atoms with E-state index < -0.39 is 26.5 Å². The predicted molar refractivity (Wildman–Crippen MR) is 192 cm³/mol. The molecule has 0 saturated carbocycles. The molecule has 1 unspecified atom stereocenters. The molecule has 0 saturated heterocycles. The van der Waals surface area contributed by atoms with Crippen LogP contribution < -0.4 is 5.73 Å². The molecular weight excluding hydrogens is 617 g/mol. The van der Waals surface area contributed by atoms with Crippen molar-refractivity contribution in [3.8, 4) is 0 Å². The standard InChI is InChI=1S/C37H72NO8P/c1-3-5-7-9-11-13-15-16-17-18-19-20-22-23-25-27-29-36(39)43-33-35(34-45-47(41,42)44-32-31-38)46-37(40)30-28-26-24-21-14-12-10-8-6-4-2/h17-18,35H,3-16,19-34,38H2,1-2H3,(H,41,42)/b18-17-/t35-/m1/s1. The van der Waals surface area contributed by atoms with E-state index in [9.17, 15) is 19.0 Å². The lowest BCUT2D eigenvalue weighted by atomic mass is 10.1. The second-order valence-electron chi connectivity index (χ2n) is 12.8. The van der Waals surface area contributed by atoms with Gasteiger partial charge in [-0.1, -0.05) is 142 Å². The molecule has 0 aromatic carbocycles. The Kier molecular flexibility index (Phi) is 33.7. The van der Waals surface area contributed by atoms with Crippen LogP contribution in [0.1, 0.15) is 181 Å². The Morgan fingerprint density at radius 3 is 1.51 bits per heavy atom. The number of hydrogen-bond donors (Lipinski definition) is 2. The summed E-state index contributed by atoms with van der Waals surface area (Å²) < 4.78 is 32.6. The fourth-order valence-electron chi connectivity index (χ4n) is 5.28. The summed E-state index contributed by atoms with van der Waals surface area (Å²) in [5.74, 6) is -0.835. The van der Waals surface area contributed by atoms with Gasteiger partial charge in [0, 0.05) is 19.4 Å². The van der Waals surface area contributed by atoms with Crippen molar-refractivity contribution in [1.29, 1.82) is 0 Å². The van der Waals surface area contributed by atoms with Crippen LogP contribution in [0, 0.1) is 0 Å². The summed E-state index contributed by atoms with van der Waals surface area (Å²) in [4.78, 5) is 34.6. The van der Waals surface area contributed by atoms with E-state index >= 15 is 0 Å². The molecule has 47 heavy (non-hydrogen) atoms. The van der Waals surface area contributed by atoms with Gasteiger partial charge < -0.3 is 20.1 Å². The summed E-state index contributed by atoms with van der Waals surface area (Å²) in [6, 6.07) is 0. The minimum absolute atomic E-state index is 0.0548. The molecule has 278 valence electrons. The molecule has 0 bridgehead atoms. The van der Waals surface area contributed by atoms with Gasteiger partial charge in [-0.3, -0.25) is 18.6 Å². The van der Waals surface area contributed by atoms with E-state index in [4.69, 9.17) is 24.3 Å². The highest BCUT2D eigenvalue weighted by molar-refractivity contribution is 7.47. The lowest BCUT2D eigenvalue weighted by molar-refractivity contribution is -0.161. The minimum Gasteiger partial charge on any atom is -0.462 e. The highest BCUT2D eigenvalue weighted by Gasteiger charge is 2.25. The van der Waals surface area contributed by atoms with Crippen molar-refractivity contribution >= 4 is 19.8 Å². The first-order chi connectivity index (χ1) is 22.8. The number of hydrogen-bond acceptors (Lipinski definition) is 8. The Labute approximate surface area is 288 Å². The first kappa shape index (κ1) is 45.8. The third-order valence-corrected chi connectivity index (χ3v) is 9.14.